The molecule has 13 heteroatoms. The summed E-state index contributed by atoms with van der Waals surface area (Å²) in [6.45, 7) is 0.313. The molecule has 1 aromatic rings. The summed E-state index contributed by atoms with van der Waals surface area (Å²) >= 11 is 0. The Labute approximate surface area is 242 Å². The van der Waals surface area contributed by atoms with Gasteiger partial charge >= 0.3 is 5.97 Å². The lowest BCUT2D eigenvalue weighted by atomic mass is 9.57. The number of methoxy groups -OCH3 is 1. The van der Waals surface area contributed by atoms with E-state index in [0.717, 1.165) is 0 Å². The van der Waals surface area contributed by atoms with Crippen molar-refractivity contribution in [3.8, 4) is 5.75 Å². The number of carbonyl (C=O) groups excluding carboxylic acids is 4. The molecule has 3 aliphatic rings. The largest absolute Gasteiger partial charge is 0.508 e. The number of nitrogens with zero attached hydrogens (tertiary/aromatic N) is 2. The predicted molar refractivity (Wildman–Crippen MR) is 150 cm³/mol. The third-order valence-corrected chi connectivity index (χ3v) is 8.41. The van der Waals surface area contributed by atoms with Crippen LogP contribution in [0.4, 0.5) is 5.69 Å². The minimum Gasteiger partial charge on any atom is -0.508 e. The van der Waals surface area contributed by atoms with E-state index in [1.54, 1.807) is 39.2 Å². The molecule has 0 heterocycles. The van der Waals surface area contributed by atoms with Crippen LogP contribution >= 0.6 is 0 Å². The number of aliphatic hydroxyl groups is 3. The van der Waals surface area contributed by atoms with E-state index in [2.05, 4.69) is 0 Å². The summed E-state index contributed by atoms with van der Waals surface area (Å²) in [5.41, 5.74) is 3.01. The Morgan fingerprint density at radius 1 is 1.12 bits per heavy atom. The Morgan fingerprint density at radius 2 is 1.79 bits per heavy atom. The number of aryl methyl sites for hydroxylation is 1. The maximum Gasteiger partial charge on any atom is 0.306 e. The number of ether oxygens (including phenoxy) is 2. The van der Waals surface area contributed by atoms with Gasteiger partial charge in [0.1, 0.15) is 29.4 Å². The minimum atomic E-state index is -2.71. The molecule has 0 aromatic heterocycles. The van der Waals surface area contributed by atoms with Gasteiger partial charge in [0.2, 0.25) is 5.78 Å². The third kappa shape index (κ3) is 4.80. The number of anilines is 1. The molecule has 1 fully saturated rings. The molecule has 6 N–H and O–H groups in total. The molecular formula is C29H37N3O10. The van der Waals surface area contributed by atoms with Gasteiger partial charge in [-0.2, -0.15) is 0 Å². The number of esters is 1. The topological polar surface area (TPSA) is 200 Å². The molecule has 4 rings (SSSR count). The molecule has 0 spiro atoms. The third-order valence-electron chi connectivity index (χ3n) is 8.41. The van der Waals surface area contributed by atoms with E-state index in [0.29, 0.717) is 16.8 Å². The number of hydrogen-bond donors (Lipinski definition) is 5. The van der Waals surface area contributed by atoms with Gasteiger partial charge in [0, 0.05) is 44.8 Å². The average molecular weight is 588 g/mol. The average Bonchev–Trinajstić information content (AvgIpc) is 2.89. The monoisotopic (exact) mass is 587 g/mol. The van der Waals surface area contributed by atoms with Gasteiger partial charge < -0.3 is 40.5 Å². The number of carbonyl (C=O) groups is 4. The van der Waals surface area contributed by atoms with Crippen LogP contribution in [0.5, 0.6) is 5.75 Å². The Bertz CT molecular complexity index is 1410. The first-order chi connectivity index (χ1) is 19.7. The van der Waals surface area contributed by atoms with Crippen LogP contribution in [0.15, 0.2) is 23.0 Å². The number of nitrogens with two attached hydrogens (primary N) is 1. The summed E-state index contributed by atoms with van der Waals surface area (Å²) < 4.78 is 9.96. The van der Waals surface area contributed by atoms with Crippen molar-refractivity contribution in [2.45, 2.75) is 37.3 Å². The first kappa shape index (κ1) is 31.0. The van der Waals surface area contributed by atoms with E-state index in [1.165, 1.54) is 12.0 Å². The second-order valence-electron chi connectivity index (χ2n) is 11.3. The second kappa shape index (κ2) is 11.4. The van der Waals surface area contributed by atoms with Crippen molar-refractivity contribution < 1.29 is 49.1 Å². The van der Waals surface area contributed by atoms with Gasteiger partial charge in [-0.3, -0.25) is 24.1 Å². The quantitative estimate of drug-likeness (QED) is 0.149. The van der Waals surface area contributed by atoms with Crippen LogP contribution in [0, 0.1) is 11.8 Å². The molecule has 4 atom stereocenters. The van der Waals surface area contributed by atoms with Crippen molar-refractivity contribution in [1.82, 2.24) is 4.90 Å². The zero-order valence-corrected chi connectivity index (χ0v) is 24.3. The fraction of sp³-hybridized carbons (Fsp3) is 0.517. The highest BCUT2D eigenvalue weighted by molar-refractivity contribution is 6.24. The lowest BCUT2D eigenvalue weighted by Gasteiger charge is -2.50. The van der Waals surface area contributed by atoms with E-state index in [1.807, 2.05) is 0 Å². The molecule has 228 valence electrons. The van der Waals surface area contributed by atoms with E-state index < -0.39 is 64.0 Å². The van der Waals surface area contributed by atoms with Gasteiger partial charge in [-0.25, -0.2) is 0 Å². The van der Waals surface area contributed by atoms with Gasteiger partial charge in [-0.15, -0.1) is 0 Å². The Hall–Kier alpha value is -3.94. The van der Waals surface area contributed by atoms with Gasteiger partial charge in [-0.1, -0.05) is 0 Å². The summed E-state index contributed by atoms with van der Waals surface area (Å²) in [5.74, 6) is -7.61. The minimum absolute atomic E-state index is 0.00550. The van der Waals surface area contributed by atoms with Crippen molar-refractivity contribution in [2.24, 2.45) is 17.6 Å². The Kier molecular flexibility index (Phi) is 8.40. The van der Waals surface area contributed by atoms with Gasteiger partial charge in [0.15, 0.2) is 11.4 Å². The van der Waals surface area contributed by atoms with Crippen LogP contribution in [-0.4, -0.2) is 109 Å². The summed E-state index contributed by atoms with van der Waals surface area (Å²) in [4.78, 5) is 54.8. The fourth-order valence-electron chi connectivity index (χ4n) is 6.48. The normalized spacial score (nSPS) is 25.3. The molecule has 42 heavy (non-hydrogen) atoms. The number of phenolic OH excluding ortho intramolecular Hbond substituents is 1. The van der Waals surface area contributed by atoms with Crippen molar-refractivity contribution in [2.75, 3.05) is 53.4 Å². The Balaban J connectivity index is 1.85. The molecule has 0 radical (unpaired) electrons. The maximum atomic E-state index is 14.0. The van der Waals surface area contributed by atoms with E-state index in [4.69, 9.17) is 15.2 Å². The van der Waals surface area contributed by atoms with Gasteiger partial charge in [-0.05, 0) is 56.5 Å². The van der Waals surface area contributed by atoms with E-state index in [-0.39, 0.29) is 55.8 Å². The van der Waals surface area contributed by atoms with Crippen molar-refractivity contribution in [3.63, 3.8) is 0 Å². The number of rotatable bonds is 9. The molecule has 4 unspecified atom stereocenters. The molecule has 0 aliphatic heterocycles. The molecule has 1 amide bonds. The highest BCUT2D eigenvalue weighted by atomic mass is 16.6. The number of ketones is 2. The van der Waals surface area contributed by atoms with Crippen molar-refractivity contribution in [3.05, 3.63) is 39.7 Å². The molecule has 3 aliphatic carbocycles. The number of benzene rings is 1. The smallest absolute Gasteiger partial charge is 0.306 e. The Morgan fingerprint density at radius 3 is 2.36 bits per heavy atom. The maximum absolute atomic E-state index is 14.0. The number of amides is 1. The standard InChI is InChI=1S/C29H37N3O10/c1-31(2)17-12-13(6-7-18(33)42-9-8-41-5)23(34)20-15(17)10-14-11-16-22(32(3)4)25(36)21(28(30)39)27(38)29(16,40)26(37)19(14)24(20)35/h12,14,16,22,34-35,38,40H,6-11H2,1-5H3,(H2,30,39). The number of primary amides is 1. The highest BCUT2D eigenvalue weighted by Gasteiger charge is 2.64. The first-order valence-electron chi connectivity index (χ1n) is 13.5. The molecule has 1 aromatic carbocycles. The van der Waals surface area contributed by atoms with Crippen LogP contribution in [0.2, 0.25) is 0 Å². The van der Waals surface area contributed by atoms with Crippen LogP contribution in [0.3, 0.4) is 0 Å². The lowest BCUT2D eigenvalue weighted by Crippen LogP contribution is -2.65. The van der Waals surface area contributed by atoms with Crippen LogP contribution in [-0.2, 0) is 41.5 Å². The van der Waals surface area contributed by atoms with E-state index >= 15 is 0 Å². The predicted octanol–water partition coefficient (Wildman–Crippen LogP) is 0.152. The van der Waals surface area contributed by atoms with Crippen LogP contribution in [0.25, 0.3) is 5.76 Å². The van der Waals surface area contributed by atoms with Gasteiger partial charge in [0.05, 0.1) is 18.2 Å². The number of aromatic hydroxyl groups is 1. The number of fused-ring (bicyclic) bond motifs is 3. The SMILES string of the molecule is COCCOC(=O)CCc1cc(N(C)C)c2c(c1O)C(O)=C1C(=O)C3(O)C(O)=C(C(N)=O)C(=O)C(N(C)C)C3CC1C2. The van der Waals surface area contributed by atoms with Crippen LogP contribution in [0.1, 0.15) is 29.5 Å². The highest BCUT2D eigenvalue weighted by Crippen LogP contribution is 2.54. The number of likely N-dealkylation sites (N-methyl/N-ethyl adjacent to an activating group) is 1. The summed E-state index contributed by atoms with van der Waals surface area (Å²) in [5, 5.41) is 45.6. The molecule has 13 nitrogen and oxygen atoms in total. The van der Waals surface area contributed by atoms with Crippen molar-refractivity contribution in [1.29, 1.82) is 0 Å². The van der Waals surface area contributed by atoms with Crippen molar-refractivity contribution >= 4 is 34.9 Å². The first-order valence-corrected chi connectivity index (χ1v) is 13.5. The molecule has 0 bridgehead atoms. The zero-order valence-electron chi connectivity index (χ0n) is 24.3. The summed E-state index contributed by atoms with van der Waals surface area (Å²) in [6.07, 6.45) is 0.150. The lowest BCUT2D eigenvalue weighted by molar-refractivity contribution is -0.153. The molecular weight excluding hydrogens is 550 g/mol. The number of hydrogen-bond acceptors (Lipinski definition) is 12. The summed E-state index contributed by atoms with van der Waals surface area (Å²) in [6, 6.07) is 0.547. The number of aliphatic hydroxyl groups excluding tert-OH is 2. The second-order valence-corrected chi connectivity index (χ2v) is 11.3. The number of Topliss-reactive ketones (excluding diaryl/α,β-unsaturated/α-hetero) is 2. The van der Waals surface area contributed by atoms with E-state index in [9.17, 15) is 39.6 Å². The number of phenols is 1. The molecule has 0 saturated heterocycles. The zero-order chi connectivity index (χ0) is 31.3. The summed E-state index contributed by atoms with van der Waals surface area (Å²) in [7, 11) is 8.11. The van der Waals surface area contributed by atoms with Crippen LogP contribution < -0.4 is 10.6 Å². The molecule has 1 saturated carbocycles. The fourth-order valence-corrected chi connectivity index (χ4v) is 6.48. The van der Waals surface area contributed by atoms with Gasteiger partial charge in [0.25, 0.3) is 5.91 Å².